The molecule has 0 saturated heterocycles. The second kappa shape index (κ2) is 7.78. The van der Waals surface area contributed by atoms with Gasteiger partial charge in [-0.25, -0.2) is 0 Å². The summed E-state index contributed by atoms with van der Waals surface area (Å²) in [6, 6.07) is 12.2. The molecular weight excluding hydrogens is 362 g/mol. The third-order valence-electron chi connectivity index (χ3n) is 2.92. The van der Waals surface area contributed by atoms with Crippen LogP contribution >= 0.6 is 15.9 Å². The monoisotopic (exact) mass is 377 g/mol. The number of esters is 1. The van der Waals surface area contributed by atoms with Gasteiger partial charge in [-0.1, -0.05) is 15.9 Å². The van der Waals surface area contributed by atoms with E-state index in [4.69, 9.17) is 9.47 Å². The van der Waals surface area contributed by atoms with Gasteiger partial charge in [0.15, 0.2) is 6.61 Å². The molecule has 5 nitrogen and oxygen atoms in total. The first-order valence-corrected chi connectivity index (χ1v) is 7.70. The molecule has 23 heavy (non-hydrogen) atoms. The lowest BCUT2D eigenvalue weighted by molar-refractivity contribution is -0.131. The molecule has 0 aromatic heterocycles. The van der Waals surface area contributed by atoms with Gasteiger partial charge >= 0.3 is 5.97 Å². The predicted octanol–water partition coefficient (Wildman–Crippen LogP) is 3.70. The van der Waals surface area contributed by atoms with Crippen molar-refractivity contribution in [2.75, 3.05) is 11.9 Å². The zero-order valence-electron chi connectivity index (χ0n) is 12.8. The van der Waals surface area contributed by atoms with Crippen molar-refractivity contribution in [3.8, 4) is 11.5 Å². The Labute approximate surface area is 142 Å². The molecule has 2 rings (SSSR count). The number of anilines is 1. The molecule has 0 aliphatic carbocycles. The zero-order chi connectivity index (χ0) is 16.8. The highest BCUT2D eigenvalue weighted by Gasteiger charge is 2.08. The first-order valence-electron chi connectivity index (χ1n) is 6.91. The number of hydrogen-bond donors (Lipinski definition) is 1. The Balaban J connectivity index is 1.92. The fraction of sp³-hybridized carbons (Fsp3) is 0.176. The van der Waals surface area contributed by atoms with Crippen LogP contribution in [-0.4, -0.2) is 18.5 Å². The molecule has 1 amide bonds. The van der Waals surface area contributed by atoms with Crippen molar-refractivity contribution in [3.63, 3.8) is 0 Å². The summed E-state index contributed by atoms with van der Waals surface area (Å²) in [6.07, 6.45) is 0. The van der Waals surface area contributed by atoms with Crippen molar-refractivity contribution in [2.24, 2.45) is 0 Å². The average Bonchev–Trinajstić information content (AvgIpc) is 2.49. The minimum absolute atomic E-state index is 0.0905. The van der Waals surface area contributed by atoms with Gasteiger partial charge < -0.3 is 14.8 Å². The minimum atomic E-state index is -0.385. The highest BCUT2D eigenvalue weighted by molar-refractivity contribution is 9.10. The van der Waals surface area contributed by atoms with Crippen LogP contribution in [0.1, 0.15) is 12.5 Å². The minimum Gasteiger partial charge on any atom is -0.484 e. The number of carbonyl (C=O) groups excluding carboxylic acids is 2. The highest BCUT2D eigenvalue weighted by Crippen LogP contribution is 2.21. The number of hydrogen-bond acceptors (Lipinski definition) is 4. The smallest absolute Gasteiger partial charge is 0.308 e. The fourth-order valence-corrected chi connectivity index (χ4v) is 2.14. The highest BCUT2D eigenvalue weighted by atomic mass is 79.9. The first-order chi connectivity index (χ1) is 10.9. The summed E-state index contributed by atoms with van der Waals surface area (Å²) in [6.45, 7) is 3.06. The van der Waals surface area contributed by atoms with Gasteiger partial charge in [-0.15, -0.1) is 0 Å². The maximum Gasteiger partial charge on any atom is 0.308 e. The Morgan fingerprint density at radius 2 is 1.74 bits per heavy atom. The summed E-state index contributed by atoms with van der Waals surface area (Å²) < 4.78 is 11.3. The Morgan fingerprint density at radius 1 is 1.09 bits per heavy atom. The quantitative estimate of drug-likeness (QED) is 0.637. The molecule has 0 fully saturated rings. The summed E-state index contributed by atoms with van der Waals surface area (Å²) >= 11 is 3.33. The predicted molar refractivity (Wildman–Crippen MR) is 90.8 cm³/mol. The number of halogens is 1. The summed E-state index contributed by atoms with van der Waals surface area (Å²) in [5.74, 6) is 0.407. The van der Waals surface area contributed by atoms with Gasteiger partial charge in [0.05, 0.1) is 0 Å². The third kappa shape index (κ3) is 5.41. The maximum atomic E-state index is 11.9. The topological polar surface area (TPSA) is 64.6 Å². The SMILES string of the molecule is CC(=O)Oc1ccc(NC(=O)COc2ccc(Br)cc2)c(C)c1. The molecule has 0 unspecified atom stereocenters. The molecule has 0 atom stereocenters. The summed E-state index contributed by atoms with van der Waals surface area (Å²) in [5, 5.41) is 2.76. The van der Waals surface area contributed by atoms with Crippen LogP contribution in [0.25, 0.3) is 0 Å². The largest absolute Gasteiger partial charge is 0.484 e. The second-order valence-corrected chi connectivity index (χ2v) is 5.78. The van der Waals surface area contributed by atoms with Crippen molar-refractivity contribution in [1.29, 1.82) is 0 Å². The van der Waals surface area contributed by atoms with E-state index < -0.39 is 0 Å². The van der Waals surface area contributed by atoms with Crippen LogP contribution < -0.4 is 14.8 Å². The first kappa shape index (κ1) is 17.0. The van der Waals surface area contributed by atoms with Gasteiger partial charge in [0.2, 0.25) is 0 Å². The van der Waals surface area contributed by atoms with Gasteiger partial charge in [0, 0.05) is 17.1 Å². The van der Waals surface area contributed by atoms with E-state index in [0.717, 1.165) is 10.0 Å². The lowest BCUT2D eigenvalue weighted by Crippen LogP contribution is -2.20. The Bertz CT molecular complexity index is 713. The molecule has 6 heteroatoms. The maximum absolute atomic E-state index is 11.9. The lowest BCUT2D eigenvalue weighted by atomic mass is 10.2. The van der Waals surface area contributed by atoms with E-state index in [0.29, 0.717) is 17.2 Å². The van der Waals surface area contributed by atoms with Gasteiger partial charge in [-0.2, -0.15) is 0 Å². The lowest BCUT2D eigenvalue weighted by Gasteiger charge is -2.11. The molecule has 0 bridgehead atoms. The molecule has 1 N–H and O–H groups in total. The number of aryl methyl sites for hydroxylation is 1. The van der Waals surface area contributed by atoms with Crippen LogP contribution in [0.4, 0.5) is 5.69 Å². The normalized spacial score (nSPS) is 10.0. The van der Waals surface area contributed by atoms with E-state index in [2.05, 4.69) is 21.2 Å². The van der Waals surface area contributed by atoms with Crippen molar-refractivity contribution >= 4 is 33.5 Å². The van der Waals surface area contributed by atoms with Crippen molar-refractivity contribution in [2.45, 2.75) is 13.8 Å². The average molecular weight is 378 g/mol. The molecule has 120 valence electrons. The Hall–Kier alpha value is -2.34. The molecule has 0 radical (unpaired) electrons. The van der Waals surface area contributed by atoms with Gasteiger partial charge in [0.25, 0.3) is 5.91 Å². The number of amides is 1. The van der Waals surface area contributed by atoms with Gasteiger partial charge in [-0.05, 0) is 55.0 Å². The van der Waals surface area contributed by atoms with Crippen molar-refractivity contribution in [3.05, 3.63) is 52.5 Å². The molecule has 0 saturated carbocycles. The van der Waals surface area contributed by atoms with Crippen LogP contribution in [0.5, 0.6) is 11.5 Å². The summed E-state index contributed by atoms with van der Waals surface area (Å²) in [7, 11) is 0. The second-order valence-electron chi connectivity index (χ2n) is 4.86. The van der Waals surface area contributed by atoms with Gasteiger partial charge in [0.1, 0.15) is 11.5 Å². The molecule has 0 heterocycles. The van der Waals surface area contributed by atoms with Crippen molar-refractivity contribution in [1.82, 2.24) is 0 Å². The number of carbonyl (C=O) groups is 2. The molecule has 2 aromatic rings. The standard InChI is InChI=1S/C17H16BrNO4/c1-11-9-15(23-12(2)20)7-8-16(11)19-17(21)10-22-14-5-3-13(18)4-6-14/h3-9H,10H2,1-2H3,(H,19,21). The molecule has 0 aliphatic rings. The number of ether oxygens (including phenoxy) is 2. The van der Waals surface area contributed by atoms with E-state index in [1.54, 1.807) is 30.3 Å². The summed E-state index contributed by atoms with van der Waals surface area (Å²) in [5.41, 5.74) is 1.44. The van der Waals surface area contributed by atoms with Crippen LogP contribution in [0.2, 0.25) is 0 Å². The van der Waals surface area contributed by atoms with Crippen molar-refractivity contribution < 1.29 is 19.1 Å². The van der Waals surface area contributed by atoms with E-state index in [9.17, 15) is 9.59 Å². The van der Waals surface area contributed by atoms with E-state index in [1.807, 2.05) is 19.1 Å². The van der Waals surface area contributed by atoms with Crippen LogP contribution in [0.15, 0.2) is 46.9 Å². The zero-order valence-corrected chi connectivity index (χ0v) is 14.3. The third-order valence-corrected chi connectivity index (χ3v) is 3.45. The van der Waals surface area contributed by atoms with Crippen LogP contribution in [0.3, 0.4) is 0 Å². The Morgan fingerprint density at radius 3 is 2.35 bits per heavy atom. The number of rotatable bonds is 5. The molecule has 2 aromatic carbocycles. The fourth-order valence-electron chi connectivity index (χ4n) is 1.87. The van der Waals surface area contributed by atoms with Gasteiger partial charge in [-0.3, -0.25) is 9.59 Å². The molecular formula is C17H16BrNO4. The number of nitrogens with one attached hydrogen (secondary N) is 1. The Kier molecular flexibility index (Phi) is 5.76. The molecule has 0 aliphatic heterocycles. The van der Waals surface area contributed by atoms with E-state index >= 15 is 0 Å². The molecule has 0 spiro atoms. The summed E-state index contributed by atoms with van der Waals surface area (Å²) in [4.78, 5) is 22.9. The van der Waals surface area contributed by atoms with Crippen LogP contribution in [0, 0.1) is 6.92 Å². The van der Waals surface area contributed by atoms with Crippen LogP contribution in [-0.2, 0) is 9.59 Å². The number of benzene rings is 2. The van der Waals surface area contributed by atoms with E-state index in [1.165, 1.54) is 6.92 Å². The van der Waals surface area contributed by atoms with E-state index in [-0.39, 0.29) is 18.5 Å².